The van der Waals surface area contributed by atoms with Crippen molar-refractivity contribution in [2.75, 3.05) is 0 Å². The molecule has 0 heterocycles. The third-order valence-corrected chi connectivity index (χ3v) is 0. The monoisotopic (exact) mass is 162 g/mol. The van der Waals surface area contributed by atoms with Gasteiger partial charge in [0, 0.05) is 0 Å². The van der Waals surface area contributed by atoms with Gasteiger partial charge in [0.2, 0.25) is 0 Å². The summed E-state index contributed by atoms with van der Waals surface area (Å²) in [5.41, 5.74) is 0. The summed E-state index contributed by atoms with van der Waals surface area (Å²) in [6, 6.07) is 0. The summed E-state index contributed by atoms with van der Waals surface area (Å²) >= 11 is 0. The van der Waals surface area contributed by atoms with E-state index in [1.165, 1.54) is 0 Å². The second kappa shape index (κ2) is 142. The van der Waals surface area contributed by atoms with E-state index >= 15 is 0 Å². The molecule has 0 rings (SSSR count). The van der Waals surface area contributed by atoms with Crippen molar-refractivity contribution in [3.05, 3.63) is 0 Å². The van der Waals surface area contributed by atoms with Crippen LogP contribution in [0.25, 0.3) is 0 Å². The Kier molecular flexibility index (Phi) is 7970. The maximum atomic E-state index is 0. The molecule has 5 heavy (non-hydrogen) atoms. The fraction of sp³-hybridized carbons (Fsp3) is 0. The third-order valence-electron chi connectivity index (χ3n) is 0. The molecule has 0 amide bonds. The number of rotatable bonds is 0. The zero-order valence-corrected chi connectivity index (χ0v) is 4.62. The van der Waals surface area contributed by atoms with Gasteiger partial charge in [0.1, 0.15) is 0 Å². The molecule has 0 aliphatic rings. The number of hydrogen-bond acceptors (Lipinski definition) is 0. The van der Waals surface area contributed by atoms with Crippen LogP contribution in [0, 0.1) is 0 Å². The van der Waals surface area contributed by atoms with Crippen molar-refractivity contribution in [1.82, 2.24) is 0 Å². The third kappa shape index (κ3) is 75.2. The van der Waals surface area contributed by atoms with E-state index < -0.39 is 0 Å². The van der Waals surface area contributed by atoms with E-state index in [1.54, 1.807) is 0 Å². The van der Waals surface area contributed by atoms with Crippen molar-refractivity contribution in [1.29, 1.82) is 0 Å². The van der Waals surface area contributed by atoms with E-state index in [4.69, 9.17) is 0 Å². The second-order valence-corrected chi connectivity index (χ2v) is 0. The van der Waals surface area contributed by atoms with Gasteiger partial charge in [0.25, 0.3) is 0 Å². The summed E-state index contributed by atoms with van der Waals surface area (Å²) in [7, 11) is 0. The number of hydrogen-bond donors (Lipinski definition) is 0. The van der Waals surface area contributed by atoms with Gasteiger partial charge in [-0.3, -0.25) is 0 Å². The quantitative estimate of drug-likeness (QED) is 0.341. The van der Waals surface area contributed by atoms with Gasteiger partial charge in [0.05, 0.1) is 0 Å². The molecule has 0 aromatic heterocycles. The zero-order valence-electron chi connectivity index (χ0n) is 2.16. The molecule has 0 saturated heterocycles. The fourth-order valence-corrected chi connectivity index (χ4v) is 0. The predicted octanol–water partition coefficient (Wildman–Crippen LogP) is -6.94. The largest absolute Gasteiger partial charge is 4.00 e. The van der Waals surface area contributed by atoms with Crippen LogP contribution in [0.1, 0.15) is 0 Å². The molecule has 0 aliphatic carbocycles. The molecule has 0 aliphatic heterocycles. The predicted molar refractivity (Wildman–Crippen MR) is 4.30 cm³/mol. The molecule has 0 aromatic carbocycles. The van der Waals surface area contributed by atoms with Crippen molar-refractivity contribution in [2.45, 2.75) is 0 Å². The van der Waals surface area contributed by atoms with Crippen LogP contribution in [0.3, 0.4) is 0 Å². The van der Waals surface area contributed by atoms with Crippen LogP contribution in [-0.4, -0.2) is 5.48 Å². The molecule has 0 radical (unpaired) electrons. The Labute approximate surface area is 47.0 Å². The van der Waals surface area contributed by atoms with Crippen LogP contribution in [0.5, 0.6) is 0 Å². The Morgan fingerprint density at radius 2 is 0.800 bits per heavy atom. The summed E-state index contributed by atoms with van der Waals surface area (Å²) in [5, 5.41) is 0. The first-order chi connectivity index (χ1) is 0. The first kappa shape index (κ1) is 280. The van der Waals surface area contributed by atoms with E-state index in [-0.39, 0.29) is 46.6 Å². The molecule has 5 heteroatoms. The van der Waals surface area contributed by atoms with Crippen LogP contribution in [0.2, 0.25) is 0 Å². The molecule has 0 fully saturated rings. The molecule has 0 spiro atoms. The van der Waals surface area contributed by atoms with E-state index in [9.17, 15) is 0 Å². The van der Waals surface area contributed by atoms with Gasteiger partial charge in [-0.2, -0.15) is 0 Å². The van der Waals surface area contributed by atoms with Crippen molar-refractivity contribution in [3.8, 4) is 0 Å². The van der Waals surface area contributed by atoms with Crippen molar-refractivity contribution >= 4 is 0 Å². The first-order valence-corrected chi connectivity index (χ1v) is 0. The van der Waals surface area contributed by atoms with Gasteiger partial charge in [-0.15, -0.1) is 0 Å². The molecule has 2 nitrogen and oxygen atoms in total. The first-order valence-electron chi connectivity index (χ1n) is 0. The van der Waals surface area contributed by atoms with Crippen LogP contribution in [0.4, 0.5) is 0 Å². The van der Waals surface area contributed by atoms with Crippen LogP contribution in [-0.2, 0) is 31.7 Å². The molecule has 0 aromatic rings. The minimum Gasteiger partial charge on any atom is -2.00 e. The molecule has 0 saturated carbocycles. The molecule has 0 unspecified atom stereocenters. The Bertz CT molecular complexity index is 7.61. The average Bonchev–Trinajstić information content (AvgIpc) is 0. The summed E-state index contributed by atoms with van der Waals surface area (Å²) < 4.78 is 0. The average molecular weight is 163 g/mol. The second-order valence-electron chi connectivity index (χ2n) is 0. The van der Waals surface area contributed by atoms with Gasteiger partial charge in [0.15, 0.2) is 0 Å². The van der Waals surface area contributed by atoms with Gasteiger partial charge < -0.3 is 20.4 Å². The maximum absolute atomic E-state index is 0. The van der Waals surface area contributed by atoms with Crippen molar-refractivity contribution in [3.63, 3.8) is 0 Å². The Hall–Kier alpha value is 0.663. The maximum Gasteiger partial charge on any atom is 4.00 e. The van der Waals surface area contributed by atoms with E-state index in [2.05, 4.69) is 0 Å². The van der Waals surface area contributed by atoms with Gasteiger partial charge >= 0.3 is 26.2 Å². The molecule has 2 N–H and O–H groups in total. The molecular formula is H2F2O2Zr. The topological polar surface area (TPSA) is 60.0 Å². The van der Waals surface area contributed by atoms with Crippen molar-refractivity contribution in [2.24, 2.45) is 0 Å². The molecule has 0 atom stereocenters. The summed E-state index contributed by atoms with van der Waals surface area (Å²) in [6.07, 6.45) is 0. The van der Waals surface area contributed by atoms with E-state index in [1.807, 2.05) is 0 Å². The van der Waals surface area contributed by atoms with Gasteiger partial charge in [-0.1, -0.05) is 0 Å². The summed E-state index contributed by atoms with van der Waals surface area (Å²) in [6.45, 7) is 0. The van der Waals surface area contributed by atoms with E-state index in [0.717, 1.165) is 0 Å². The summed E-state index contributed by atoms with van der Waals surface area (Å²) in [4.78, 5) is 0. The number of halogens is 2. The Morgan fingerprint density at radius 1 is 0.800 bits per heavy atom. The SMILES string of the molecule is O.[F-].[F-].[O-2].[Zr+4]. The van der Waals surface area contributed by atoms with Gasteiger partial charge in [-0.05, 0) is 0 Å². The molecular weight excluding hydrogens is 161 g/mol. The Morgan fingerprint density at radius 3 is 0.800 bits per heavy atom. The van der Waals surface area contributed by atoms with Crippen LogP contribution >= 0.6 is 0 Å². The molecule has 32 valence electrons. The minimum atomic E-state index is 0. The standard InChI is InChI=1S/2FH.H2O.O.Zr/h2*1H;1H2;;/q;;;-2;+4/p-2. The van der Waals surface area contributed by atoms with Gasteiger partial charge in [-0.25, -0.2) is 0 Å². The Balaban J connectivity index is 0. The van der Waals surface area contributed by atoms with Crippen LogP contribution in [0.15, 0.2) is 0 Å². The summed E-state index contributed by atoms with van der Waals surface area (Å²) in [5.74, 6) is 0. The fourth-order valence-electron chi connectivity index (χ4n) is 0. The zero-order chi connectivity index (χ0) is 0. The molecule has 0 bridgehead atoms. The van der Waals surface area contributed by atoms with Crippen LogP contribution < -0.4 is 9.41 Å². The smallest absolute Gasteiger partial charge is 2.00 e. The normalized spacial score (nSPS) is 0. The van der Waals surface area contributed by atoms with E-state index in [0.29, 0.717) is 0 Å². The van der Waals surface area contributed by atoms with Crippen molar-refractivity contribution < 1.29 is 46.6 Å². The minimum absolute atomic E-state index is 0.